The van der Waals surface area contributed by atoms with Crippen molar-refractivity contribution in [1.29, 1.82) is 0 Å². The Morgan fingerprint density at radius 2 is 1.92 bits per heavy atom. The minimum Gasteiger partial charge on any atom is -0.297 e. The third-order valence-corrected chi connectivity index (χ3v) is 1.72. The largest absolute Gasteiger partial charge is 0.297 e. The maximum atomic E-state index is 11.0. The molecule has 0 heterocycles. The minimum atomic E-state index is -1.10. The minimum absolute atomic E-state index is 0.293. The van der Waals surface area contributed by atoms with E-state index in [9.17, 15) is 9.90 Å². The zero-order valence-corrected chi connectivity index (χ0v) is 6.99. The first-order chi connectivity index (χ1) is 5.70. The molecule has 12 heavy (non-hydrogen) atoms. The van der Waals surface area contributed by atoms with E-state index in [1.165, 1.54) is 6.92 Å². The molecule has 0 aliphatic carbocycles. The molecule has 1 radical (unpaired) electrons. The van der Waals surface area contributed by atoms with Gasteiger partial charge in [-0.05, 0) is 12.5 Å². The number of Topliss-reactive ketones (excluding diaryl/α,β-unsaturated/α-hetero) is 1. The number of ketones is 1. The van der Waals surface area contributed by atoms with Crippen molar-refractivity contribution < 1.29 is 9.90 Å². The highest BCUT2D eigenvalue weighted by molar-refractivity contribution is 5.80. The highest BCUT2D eigenvalue weighted by Gasteiger charge is 2.11. The lowest BCUT2D eigenvalue weighted by atomic mass is 10.1. The second-order valence-corrected chi connectivity index (χ2v) is 2.79. The lowest BCUT2D eigenvalue weighted by Crippen LogP contribution is -2.17. The summed E-state index contributed by atoms with van der Waals surface area (Å²) in [4.78, 5) is 10.6. The standard InChI is InChI=1S/C10H11O2/c1-8(11)10(12)7-9-5-3-2-4-6-9/h2-6,10H,7H2,1H3. The molecule has 63 valence electrons. The molecule has 0 aromatic heterocycles. The summed E-state index contributed by atoms with van der Waals surface area (Å²) < 4.78 is 0. The highest BCUT2D eigenvalue weighted by atomic mass is 16.3. The summed E-state index contributed by atoms with van der Waals surface area (Å²) in [5.74, 6) is -0.293. The van der Waals surface area contributed by atoms with Crippen molar-refractivity contribution in [3.63, 3.8) is 0 Å². The average Bonchev–Trinajstić information content (AvgIpc) is 2.06. The van der Waals surface area contributed by atoms with Gasteiger partial charge < -0.3 is 0 Å². The first kappa shape index (κ1) is 8.94. The van der Waals surface area contributed by atoms with Gasteiger partial charge in [0.2, 0.25) is 0 Å². The predicted octanol–water partition coefficient (Wildman–Crippen LogP) is 1.62. The fraction of sp³-hybridized carbons (Fsp3) is 0.300. The lowest BCUT2D eigenvalue weighted by Gasteiger charge is -2.03. The van der Waals surface area contributed by atoms with Crippen LogP contribution in [0, 0.1) is 0 Å². The molecular weight excluding hydrogens is 152 g/mol. The SMILES string of the molecule is CC(=O)C([O])Cc1ccccc1. The van der Waals surface area contributed by atoms with Crippen molar-refractivity contribution in [1.82, 2.24) is 0 Å². The summed E-state index contributed by atoms with van der Waals surface area (Å²) >= 11 is 0. The summed E-state index contributed by atoms with van der Waals surface area (Å²) in [7, 11) is 0. The Morgan fingerprint density at radius 3 is 2.42 bits per heavy atom. The van der Waals surface area contributed by atoms with Crippen molar-refractivity contribution in [3.8, 4) is 0 Å². The van der Waals surface area contributed by atoms with Crippen LogP contribution in [0.1, 0.15) is 12.5 Å². The van der Waals surface area contributed by atoms with Crippen molar-refractivity contribution in [2.75, 3.05) is 0 Å². The molecule has 0 fully saturated rings. The second-order valence-electron chi connectivity index (χ2n) is 2.79. The maximum absolute atomic E-state index is 11.0. The molecule has 2 heteroatoms. The fourth-order valence-electron chi connectivity index (χ4n) is 0.972. The van der Waals surface area contributed by atoms with Gasteiger partial charge in [0, 0.05) is 6.42 Å². The van der Waals surface area contributed by atoms with Crippen molar-refractivity contribution in [2.45, 2.75) is 19.4 Å². The first-order valence-electron chi connectivity index (χ1n) is 3.90. The number of benzene rings is 1. The lowest BCUT2D eigenvalue weighted by molar-refractivity contribution is -0.128. The Labute approximate surface area is 71.8 Å². The van der Waals surface area contributed by atoms with E-state index in [1.54, 1.807) is 0 Å². The van der Waals surface area contributed by atoms with Gasteiger partial charge in [-0.1, -0.05) is 30.3 Å². The summed E-state index contributed by atoms with van der Waals surface area (Å²) in [6.45, 7) is 1.33. The van der Waals surface area contributed by atoms with Crippen LogP contribution in [-0.2, 0) is 16.3 Å². The molecule has 0 saturated heterocycles. The molecule has 1 unspecified atom stereocenters. The molecule has 0 saturated carbocycles. The van der Waals surface area contributed by atoms with Crippen LogP contribution in [0.2, 0.25) is 0 Å². The van der Waals surface area contributed by atoms with Crippen LogP contribution in [0.4, 0.5) is 0 Å². The Kier molecular flexibility index (Phi) is 3.00. The molecular formula is C10H11O2. The van der Waals surface area contributed by atoms with Crippen LogP contribution in [0.3, 0.4) is 0 Å². The van der Waals surface area contributed by atoms with Crippen LogP contribution in [-0.4, -0.2) is 11.9 Å². The van der Waals surface area contributed by atoms with Crippen LogP contribution in [0.15, 0.2) is 30.3 Å². The Hall–Kier alpha value is -1.15. The molecule has 0 amide bonds. The van der Waals surface area contributed by atoms with Gasteiger partial charge in [-0.3, -0.25) is 4.79 Å². The third-order valence-electron chi connectivity index (χ3n) is 1.72. The number of carbonyl (C=O) groups excluding carboxylic acids is 1. The molecule has 1 atom stereocenters. The highest BCUT2D eigenvalue weighted by Crippen LogP contribution is 2.03. The number of hydrogen-bond donors (Lipinski definition) is 0. The topological polar surface area (TPSA) is 37.0 Å². The van der Waals surface area contributed by atoms with Crippen molar-refractivity contribution >= 4 is 5.78 Å². The monoisotopic (exact) mass is 163 g/mol. The van der Waals surface area contributed by atoms with Gasteiger partial charge in [-0.2, -0.15) is 0 Å². The van der Waals surface area contributed by atoms with Crippen molar-refractivity contribution in [2.24, 2.45) is 0 Å². The summed E-state index contributed by atoms with van der Waals surface area (Å²) in [6, 6.07) is 9.32. The van der Waals surface area contributed by atoms with Crippen LogP contribution >= 0.6 is 0 Å². The smallest absolute Gasteiger partial charge is 0.162 e. The van der Waals surface area contributed by atoms with Crippen LogP contribution < -0.4 is 0 Å². The molecule has 2 nitrogen and oxygen atoms in total. The van der Waals surface area contributed by atoms with E-state index in [2.05, 4.69) is 0 Å². The fourth-order valence-corrected chi connectivity index (χ4v) is 0.972. The average molecular weight is 163 g/mol. The quantitative estimate of drug-likeness (QED) is 0.667. The summed E-state index contributed by atoms with van der Waals surface area (Å²) in [5.41, 5.74) is 0.924. The van der Waals surface area contributed by atoms with E-state index >= 15 is 0 Å². The van der Waals surface area contributed by atoms with E-state index < -0.39 is 6.10 Å². The molecule has 1 aromatic rings. The molecule has 0 N–H and O–H groups in total. The van der Waals surface area contributed by atoms with Gasteiger partial charge in [0.05, 0.1) is 0 Å². The first-order valence-corrected chi connectivity index (χ1v) is 3.90. The van der Waals surface area contributed by atoms with Gasteiger partial charge in [0.1, 0.15) is 0 Å². The predicted molar refractivity (Wildman–Crippen MR) is 45.3 cm³/mol. The van der Waals surface area contributed by atoms with Crippen LogP contribution in [0.25, 0.3) is 0 Å². The van der Waals surface area contributed by atoms with Gasteiger partial charge in [0.25, 0.3) is 0 Å². The zero-order valence-electron chi connectivity index (χ0n) is 6.99. The van der Waals surface area contributed by atoms with Crippen molar-refractivity contribution in [3.05, 3.63) is 35.9 Å². The van der Waals surface area contributed by atoms with Gasteiger partial charge >= 0.3 is 0 Å². The second kappa shape index (κ2) is 4.02. The normalized spacial score (nSPS) is 12.5. The third kappa shape index (κ3) is 2.47. The Bertz CT molecular complexity index is 254. The van der Waals surface area contributed by atoms with Gasteiger partial charge in [0.15, 0.2) is 11.9 Å². The number of hydrogen-bond acceptors (Lipinski definition) is 1. The molecule has 0 spiro atoms. The van der Waals surface area contributed by atoms with E-state index in [0.717, 1.165) is 5.56 Å². The summed E-state index contributed by atoms with van der Waals surface area (Å²) in [5, 5.41) is 11.0. The van der Waals surface area contributed by atoms with E-state index in [-0.39, 0.29) is 5.78 Å². The molecule has 1 aromatic carbocycles. The van der Waals surface area contributed by atoms with Crippen LogP contribution in [0.5, 0.6) is 0 Å². The summed E-state index contributed by atoms with van der Waals surface area (Å²) in [6.07, 6.45) is -0.803. The Morgan fingerprint density at radius 1 is 1.33 bits per heavy atom. The number of carbonyl (C=O) groups is 1. The molecule has 0 aliphatic heterocycles. The van der Waals surface area contributed by atoms with E-state index in [0.29, 0.717) is 6.42 Å². The molecule has 0 bridgehead atoms. The van der Waals surface area contributed by atoms with Gasteiger partial charge in [-0.25, -0.2) is 5.11 Å². The van der Waals surface area contributed by atoms with E-state index in [1.807, 2.05) is 30.3 Å². The maximum Gasteiger partial charge on any atom is 0.162 e. The van der Waals surface area contributed by atoms with Gasteiger partial charge in [-0.15, -0.1) is 0 Å². The molecule has 0 aliphatic rings. The molecule has 1 rings (SSSR count). The number of rotatable bonds is 3. The Balaban J connectivity index is 2.58. The zero-order chi connectivity index (χ0) is 8.97. The van der Waals surface area contributed by atoms with E-state index in [4.69, 9.17) is 0 Å².